The predicted octanol–water partition coefficient (Wildman–Crippen LogP) is -0.934. The van der Waals surface area contributed by atoms with Crippen molar-refractivity contribution in [3.63, 3.8) is 0 Å². The van der Waals surface area contributed by atoms with E-state index in [2.05, 4.69) is 0 Å². The van der Waals surface area contributed by atoms with Crippen molar-refractivity contribution in [1.29, 1.82) is 0 Å². The Kier molecular flexibility index (Phi) is 12.0. The number of carbonyl (C=O) groups is 4. The molecule has 0 unspecified atom stereocenters. The van der Waals surface area contributed by atoms with Gasteiger partial charge in [-0.3, -0.25) is 48.9 Å². The van der Waals surface area contributed by atoms with E-state index >= 15 is 0 Å². The number of hydrogen-bond donors (Lipinski definition) is 4. The molecule has 1 aliphatic heterocycles. The summed E-state index contributed by atoms with van der Waals surface area (Å²) in [4.78, 5) is 63.1. The molecule has 4 N–H and O–H groups in total. The number of carboxylic acid groups (broad SMARTS) is 4. The maximum atomic E-state index is 11.7. The minimum atomic E-state index is -1.12. The minimum Gasteiger partial charge on any atom is -0.480 e. The van der Waals surface area contributed by atoms with Crippen molar-refractivity contribution in [2.24, 2.45) is 0 Å². The third-order valence-corrected chi connectivity index (χ3v) is 6.19. The van der Waals surface area contributed by atoms with Crippen molar-refractivity contribution < 1.29 is 44.5 Å². The highest BCUT2D eigenvalue weighted by Crippen LogP contribution is 2.17. The van der Waals surface area contributed by atoms with E-state index in [1.165, 1.54) is 12.1 Å². The molecule has 1 aliphatic rings. The molecule has 0 spiro atoms. The summed E-state index contributed by atoms with van der Waals surface area (Å²) in [5, 5.41) is 48.7. The van der Waals surface area contributed by atoms with Gasteiger partial charge in [-0.25, -0.2) is 0 Å². The summed E-state index contributed by atoms with van der Waals surface area (Å²) in [6.45, 7) is -0.102. The molecule has 1 aromatic rings. The number of nitro groups is 1. The molecular formula is C23H33N5O10. The second-order valence-electron chi connectivity index (χ2n) is 9.11. The van der Waals surface area contributed by atoms with Crippen molar-refractivity contribution in [3.05, 3.63) is 39.9 Å². The lowest BCUT2D eigenvalue weighted by atomic mass is 10.0. The van der Waals surface area contributed by atoms with Crippen LogP contribution in [0.25, 0.3) is 0 Å². The molecule has 0 aromatic heterocycles. The predicted molar refractivity (Wildman–Crippen MR) is 132 cm³/mol. The van der Waals surface area contributed by atoms with Gasteiger partial charge in [-0.15, -0.1) is 0 Å². The summed E-state index contributed by atoms with van der Waals surface area (Å²) in [6.07, 6.45) is 0.249. The van der Waals surface area contributed by atoms with Crippen molar-refractivity contribution in [1.82, 2.24) is 19.6 Å². The molecular weight excluding hydrogens is 506 g/mol. The number of hydrogen-bond acceptors (Lipinski definition) is 10. The molecule has 38 heavy (non-hydrogen) atoms. The van der Waals surface area contributed by atoms with Crippen molar-refractivity contribution >= 4 is 29.6 Å². The van der Waals surface area contributed by atoms with E-state index < -0.39 is 34.8 Å². The first-order valence-corrected chi connectivity index (χ1v) is 11.9. The maximum absolute atomic E-state index is 11.7. The van der Waals surface area contributed by atoms with Crippen LogP contribution in [0.4, 0.5) is 5.69 Å². The summed E-state index contributed by atoms with van der Waals surface area (Å²) in [5.74, 6) is -4.38. The second-order valence-corrected chi connectivity index (χ2v) is 9.11. The van der Waals surface area contributed by atoms with E-state index in [1.807, 2.05) is 0 Å². The fourth-order valence-electron chi connectivity index (χ4n) is 4.38. The number of carboxylic acids is 4. The smallest absolute Gasteiger partial charge is 0.317 e. The summed E-state index contributed by atoms with van der Waals surface area (Å²) < 4.78 is 0. The highest BCUT2D eigenvalue weighted by molar-refractivity contribution is 5.70. The number of benzene rings is 1. The monoisotopic (exact) mass is 539 g/mol. The topological polar surface area (TPSA) is 205 Å². The molecule has 15 heteroatoms. The fourth-order valence-corrected chi connectivity index (χ4v) is 4.38. The maximum Gasteiger partial charge on any atom is 0.317 e. The molecule has 1 atom stereocenters. The van der Waals surface area contributed by atoms with E-state index in [0.717, 1.165) is 0 Å². The van der Waals surface area contributed by atoms with Crippen LogP contribution in [0.3, 0.4) is 0 Å². The molecule has 0 aliphatic carbocycles. The van der Waals surface area contributed by atoms with Crippen LogP contribution in [-0.4, -0.2) is 147 Å². The highest BCUT2D eigenvalue weighted by Gasteiger charge is 2.27. The average Bonchev–Trinajstić information content (AvgIpc) is 2.80. The first-order chi connectivity index (χ1) is 17.9. The van der Waals surface area contributed by atoms with Crippen LogP contribution in [0.5, 0.6) is 0 Å². The van der Waals surface area contributed by atoms with Crippen LogP contribution in [0.15, 0.2) is 24.3 Å². The fraction of sp³-hybridized carbons (Fsp3) is 0.565. The molecule has 0 bridgehead atoms. The summed E-state index contributed by atoms with van der Waals surface area (Å²) in [7, 11) is 0. The van der Waals surface area contributed by atoms with E-state index in [0.29, 0.717) is 5.56 Å². The van der Waals surface area contributed by atoms with Crippen molar-refractivity contribution in [3.8, 4) is 0 Å². The Bertz CT molecular complexity index is 989. The third-order valence-electron chi connectivity index (χ3n) is 6.19. The Morgan fingerprint density at radius 1 is 0.711 bits per heavy atom. The van der Waals surface area contributed by atoms with Gasteiger partial charge >= 0.3 is 23.9 Å². The minimum absolute atomic E-state index is 0.106. The molecule has 15 nitrogen and oxygen atoms in total. The van der Waals surface area contributed by atoms with Gasteiger partial charge < -0.3 is 20.4 Å². The zero-order valence-corrected chi connectivity index (χ0v) is 20.8. The summed E-state index contributed by atoms with van der Waals surface area (Å²) in [5.41, 5.74) is 0.568. The SMILES string of the molecule is O=C(O)CN1CCN(CC(=O)O)CCN(CC(=O)O)[C@@H](Cc2ccc([N+](=O)[O-])cc2)CN(CC(=O)O)CC1. The Morgan fingerprint density at radius 2 is 1.13 bits per heavy atom. The van der Waals surface area contributed by atoms with Gasteiger partial charge in [0.2, 0.25) is 0 Å². The Hall–Kier alpha value is -3.66. The molecule has 1 fully saturated rings. The van der Waals surface area contributed by atoms with Crippen molar-refractivity contribution in [2.45, 2.75) is 12.5 Å². The first-order valence-electron chi connectivity index (χ1n) is 11.9. The molecule has 1 aromatic carbocycles. The van der Waals surface area contributed by atoms with Gasteiger partial charge in [0, 0.05) is 64.0 Å². The number of nitrogens with zero attached hydrogens (tertiary/aromatic N) is 5. The summed E-state index contributed by atoms with van der Waals surface area (Å²) in [6, 6.07) is 5.24. The van der Waals surface area contributed by atoms with Crippen LogP contribution >= 0.6 is 0 Å². The third kappa shape index (κ3) is 11.2. The highest BCUT2D eigenvalue weighted by atomic mass is 16.6. The molecule has 2 rings (SSSR count). The molecule has 210 valence electrons. The van der Waals surface area contributed by atoms with E-state index in [9.17, 15) is 49.7 Å². The zero-order valence-electron chi connectivity index (χ0n) is 20.8. The van der Waals surface area contributed by atoms with Gasteiger partial charge in [0.15, 0.2) is 0 Å². The van der Waals surface area contributed by atoms with Gasteiger partial charge in [-0.2, -0.15) is 0 Å². The van der Waals surface area contributed by atoms with Gasteiger partial charge in [0.1, 0.15) is 0 Å². The summed E-state index contributed by atoms with van der Waals surface area (Å²) >= 11 is 0. The Morgan fingerprint density at radius 3 is 1.58 bits per heavy atom. The molecule has 1 heterocycles. The van der Waals surface area contributed by atoms with Crippen LogP contribution in [-0.2, 0) is 25.6 Å². The molecule has 0 saturated carbocycles. The van der Waals surface area contributed by atoms with Crippen LogP contribution in [0.2, 0.25) is 0 Å². The van der Waals surface area contributed by atoms with Crippen LogP contribution in [0.1, 0.15) is 5.56 Å². The normalized spacial score (nSPS) is 19.2. The Balaban J connectivity index is 2.41. The van der Waals surface area contributed by atoms with Crippen LogP contribution < -0.4 is 0 Å². The first kappa shape index (κ1) is 30.6. The second kappa shape index (κ2) is 14.9. The standard InChI is InChI=1S/C23H33N5O10/c29-20(30)13-24-5-6-25(14-21(31)32)9-10-27(16-23(35)36)19(12-26(8-7-24)15-22(33)34)11-17-1-3-18(4-2-17)28(37)38/h1-4,19H,5-16H2,(H,29,30)(H,31,32)(H,33,34)(H,35,36)/t19-/m0/s1. The number of aliphatic carboxylic acids is 4. The average molecular weight is 540 g/mol. The van der Waals surface area contributed by atoms with Crippen molar-refractivity contribution in [2.75, 3.05) is 72.0 Å². The lowest BCUT2D eigenvalue weighted by Gasteiger charge is -2.37. The zero-order chi connectivity index (χ0) is 28.2. The largest absolute Gasteiger partial charge is 0.480 e. The molecule has 0 radical (unpaired) electrons. The van der Waals surface area contributed by atoms with E-state index in [-0.39, 0.29) is 84.1 Å². The van der Waals surface area contributed by atoms with Gasteiger partial charge in [0.05, 0.1) is 31.1 Å². The number of rotatable bonds is 11. The van der Waals surface area contributed by atoms with Gasteiger partial charge in [0.25, 0.3) is 5.69 Å². The number of non-ortho nitro benzene ring substituents is 1. The Labute approximate surface area is 218 Å². The molecule has 1 saturated heterocycles. The quantitative estimate of drug-likeness (QED) is 0.198. The lowest BCUT2D eigenvalue weighted by molar-refractivity contribution is -0.384. The number of nitro benzene ring substituents is 1. The van der Waals surface area contributed by atoms with E-state index in [1.54, 1.807) is 31.7 Å². The van der Waals surface area contributed by atoms with Gasteiger partial charge in [-0.05, 0) is 12.0 Å². The van der Waals surface area contributed by atoms with Gasteiger partial charge in [-0.1, -0.05) is 12.1 Å². The van der Waals surface area contributed by atoms with Crippen LogP contribution in [0, 0.1) is 10.1 Å². The van der Waals surface area contributed by atoms with E-state index in [4.69, 9.17) is 0 Å². The lowest BCUT2D eigenvalue weighted by Crippen LogP contribution is -2.53. The molecule has 0 amide bonds.